The minimum atomic E-state index is -3.28. The molecule has 0 spiro atoms. The Balaban J connectivity index is 2.33. The first-order valence-corrected chi connectivity index (χ1v) is 7.58. The van der Waals surface area contributed by atoms with Gasteiger partial charge in [-0.2, -0.15) is 4.31 Å². The Morgan fingerprint density at radius 1 is 1.29 bits per heavy atom. The third-order valence-corrected chi connectivity index (χ3v) is 5.39. The fourth-order valence-corrected chi connectivity index (χ4v) is 4.15. The molecule has 0 aromatic heterocycles. The first-order valence-electron chi connectivity index (χ1n) is 6.14. The van der Waals surface area contributed by atoms with Crippen molar-refractivity contribution < 1.29 is 8.42 Å². The molecule has 1 saturated heterocycles. The van der Waals surface area contributed by atoms with Gasteiger partial charge in [0, 0.05) is 12.6 Å². The highest BCUT2D eigenvalue weighted by atomic mass is 32.2. The molecule has 94 valence electrons. The standard InChI is InChI=1S/C13H19NO2S/c1-3-12-5-4-10-14(12)17(15,16)13-8-6-11(2)7-9-13/h6-9,12H,3-5,10H2,1-2H3. The van der Waals surface area contributed by atoms with Gasteiger partial charge < -0.3 is 0 Å². The monoisotopic (exact) mass is 253 g/mol. The van der Waals surface area contributed by atoms with Crippen molar-refractivity contribution in [1.29, 1.82) is 0 Å². The second-order valence-corrected chi connectivity index (χ2v) is 6.52. The molecule has 17 heavy (non-hydrogen) atoms. The van der Waals surface area contributed by atoms with Crippen molar-refractivity contribution in [3.63, 3.8) is 0 Å². The molecule has 0 aliphatic carbocycles. The molecule has 1 aliphatic rings. The number of benzene rings is 1. The number of sulfonamides is 1. The van der Waals surface area contributed by atoms with Gasteiger partial charge >= 0.3 is 0 Å². The summed E-state index contributed by atoms with van der Waals surface area (Å²) in [6.07, 6.45) is 2.86. The first-order chi connectivity index (χ1) is 8.05. The van der Waals surface area contributed by atoms with Crippen molar-refractivity contribution in [3.05, 3.63) is 29.8 Å². The summed E-state index contributed by atoms with van der Waals surface area (Å²) in [7, 11) is -3.28. The Kier molecular flexibility index (Phi) is 3.54. The van der Waals surface area contributed by atoms with Gasteiger partial charge in [0.1, 0.15) is 0 Å². The van der Waals surface area contributed by atoms with Gasteiger partial charge in [0.15, 0.2) is 0 Å². The topological polar surface area (TPSA) is 37.4 Å². The van der Waals surface area contributed by atoms with Crippen molar-refractivity contribution in [3.8, 4) is 0 Å². The summed E-state index contributed by atoms with van der Waals surface area (Å²) in [5, 5.41) is 0. The van der Waals surface area contributed by atoms with E-state index in [1.165, 1.54) is 0 Å². The quantitative estimate of drug-likeness (QED) is 0.830. The third kappa shape index (κ3) is 2.38. The zero-order chi connectivity index (χ0) is 12.5. The number of hydrogen-bond donors (Lipinski definition) is 0. The lowest BCUT2D eigenvalue weighted by Gasteiger charge is -2.23. The van der Waals surface area contributed by atoms with E-state index in [2.05, 4.69) is 0 Å². The Morgan fingerprint density at radius 2 is 1.94 bits per heavy atom. The van der Waals surface area contributed by atoms with Crippen LogP contribution in [0.15, 0.2) is 29.2 Å². The van der Waals surface area contributed by atoms with Crippen LogP contribution in [0.4, 0.5) is 0 Å². The van der Waals surface area contributed by atoms with Crippen LogP contribution < -0.4 is 0 Å². The van der Waals surface area contributed by atoms with Crippen LogP contribution in [0.25, 0.3) is 0 Å². The summed E-state index contributed by atoms with van der Waals surface area (Å²) in [5.74, 6) is 0. The largest absolute Gasteiger partial charge is 0.243 e. The van der Waals surface area contributed by atoms with Gasteiger partial charge in [-0.3, -0.25) is 0 Å². The predicted molar refractivity (Wildman–Crippen MR) is 68.4 cm³/mol. The second-order valence-electron chi connectivity index (χ2n) is 4.63. The molecule has 4 heteroatoms. The molecule has 0 saturated carbocycles. The maximum Gasteiger partial charge on any atom is 0.243 e. The second kappa shape index (κ2) is 4.78. The van der Waals surface area contributed by atoms with Gasteiger partial charge in [-0.15, -0.1) is 0 Å². The highest BCUT2D eigenvalue weighted by molar-refractivity contribution is 7.89. The molecule has 1 aromatic rings. The molecule has 0 amide bonds. The van der Waals surface area contributed by atoms with E-state index in [0.717, 1.165) is 24.8 Å². The lowest BCUT2D eigenvalue weighted by atomic mass is 10.2. The highest BCUT2D eigenvalue weighted by Crippen LogP contribution is 2.27. The minimum absolute atomic E-state index is 0.182. The van der Waals surface area contributed by atoms with Gasteiger partial charge in [-0.1, -0.05) is 24.6 Å². The smallest absolute Gasteiger partial charge is 0.207 e. The highest BCUT2D eigenvalue weighted by Gasteiger charge is 2.33. The molecule has 1 aliphatic heterocycles. The minimum Gasteiger partial charge on any atom is -0.207 e. The summed E-state index contributed by atoms with van der Waals surface area (Å²) < 4.78 is 26.5. The number of hydrogen-bond acceptors (Lipinski definition) is 2. The van der Waals surface area contributed by atoms with E-state index in [0.29, 0.717) is 11.4 Å². The van der Waals surface area contributed by atoms with Crippen LogP contribution in [0.1, 0.15) is 31.7 Å². The fraction of sp³-hybridized carbons (Fsp3) is 0.538. The SMILES string of the molecule is CCC1CCCN1S(=O)(=O)c1ccc(C)cc1. The van der Waals surface area contributed by atoms with Gasteiger partial charge in [0.05, 0.1) is 4.90 Å². The maximum absolute atomic E-state index is 12.4. The van der Waals surface area contributed by atoms with Gasteiger partial charge in [-0.25, -0.2) is 8.42 Å². The average molecular weight is 253 g/mol. The Morgan fingerprint density at radius 3 is 2.53 bits per heavy atom. The van der Waals surface area contributed by atoms with E-state index in [1.807, 2.05) is 26.0 Å². The van der Waals surface area contributed by atoms with E-state index in [1.54, 1.807) is 16.4 Å². The zero-order valence-electron chi connectivity index (χ0n) is 10.4. The molecule has 1 fully saturated rings. The van der Waals surface area contributed by atoms with E-state index in [9.17, 15) is 8.42 Å². The summed E-state index contributed by atoms with van der Waals surface area (Å²) in [6, 6.07) is 7.29. The van der Waals surface area contributed by atoms with Gasteiger partial charge in [0.2, 0.25) is 10.0 Å². The molecule has 1 aromatic carbocycles. The lowest BCUT2D eigenvalue weighted by molar-refractivity contribution is 0.379. The van der Waals surface area contributed by atoms with Crippen LogP contribution in [-0.4, -0.2) is 25.3 Å². The molecule has 1 heterocycles. The van der Waals surface area contributed by atoms with Crippen LogP contribution in [0.5, 0.6) is 0 Å². The van der Waals surface area contributed by atoms with Crippen molar-refractivity contribution in [2.45, 2.75) is 44.0 Å². The van der Waals surface area contributed by atoms with E-state index in [-0.39, 0.29) is 6.04 Å². The summed E-state index contributed by atoms with van der Waals surface area (Å²) >= 11 is 0. The Labute approximate surface area is 104 Å². The van der Waals surface area contributed by atoms with Crippen LogP contribution in [-0.2, 0) is 10.0 Å². The summed E-state index contributed by atoms with van der Waals surface area (Å²) in [4.78, 5) is 0.420. The van der Waals surface area contributed by atoms with E-state index < -0.39 is 10.0 Å². The van der Waals surface area contributed by atoms with Crippen LogP contribution in [0, 0.1) is 6.92 Å². The number of aryl methyl sites for hydroxylation is 1. The van der Waals surface area contributed by atoms with E-state index >= 15 is 0 Å². The van der Waals surface area contributed by atoms with Crippen LogP contribution in [0.3, 0.4) is 0 Å². The molecule has 2 rings (SSSR count). The summed E-state index contributed by atoms with van der Waals surface area (Å²) in [6.45, 7) is 4.67. The normalized spacial score (nSPS) is 21.9. The molecular formula is C13H19NO2S. The maximum atomic E-state index is 12.4. The van der Waals surface area contributed by atoms with Crippen LogP contribution in [0.2, 0.25) is 0 Å². The number of rotatable bonds is 3. The van der Waals surface area contributed by atoms with Crippen molar-refractivity contribution >= 4 is 10.0 Å². The fourth-order valence-electron chi connectivity index (χ4n) is 2.38. The molecule has 0 N–H and O–H groups in total. The summed E-state index contributed by atoms with van der Waals surface area (Å²) in [5.41, 5.74) is 1.08. The van der Waals surface area contributed by atoms with Crippen LogP contribution >= 0.6 is 0 Å². The number of nitrogens with zero attached hydrogens (tertiary/aromatic N) is 1. The molecule has 0 bridgehead atoms. The molecule has 0 radical (unpaired) electrons. The third-order valence-electron chi connectivity index (χ3n) is 3.42. The Bertz CT molecular complexity index is 479. The molecule has 1 atom stereocenters. The average Bonchev–Trinajstić information content (AvgIpc) is 2.78. The van der Waals surface area contributed by atoms with Gasteiger partial charge in [0.25, 0.3) is 0 Å². The molecular weight excluding hydrogens is 234 g/mol. The predicted octanol–water partition coefficient (Wildman–Crippen LogP) is 2.56. The first kappa shape index (κ1) is 12.6. The van der Waals surface area contributed by atoms with Crippen molar-refractivity contribution in [2.24, 2.45) is 0 Å². The van der Waals surface area contributed by atoms with E-state index in [4.69, 9.17) is 0 Å². The lowest BCUT2D eigenvalue weighted by Crippen LogP contribution is -2.35. The Hall–Kier alpha value is -0.870. The van der Waals surface area contributed by atoms with Crippen molar-refractivity contribution in [1.82, 2.24) is 4.31 Å². The molecule has 3 nitrogen and oxygen atoms in total. The van der Waals surface area contributed by atoms with Crippen molar-refractivity contribution in [2.75, 3.05) is 6.54 Å². The molecule has 1 unspecified atom stereocenters. The van der Waals surface area contributed by atoms with Gasteiger partial charge in [-0.05, 0) is 38.3 Å². The zero-order valence-corrected chi connectivity index (χ0v) is 11.2.